The summed E-state index contributed by atoms with van der Waals surface area (Å²) in [5.41, 5.74) is 0.0965. The van der Waals surface area contributed by atoms with E-state index in [0.717, 1.165) is 11.0 Å². The Bertz CT molecular complexity index is 1660. The average molecular weight is 674 g/mol. The zero-order chi connectivity index (χ0) is 33.9. The lowest BCUT2D eigenvalue weighted by Gasteiger charge is -2.19. The maximum atomic E-state index is 13.4. The van der Waals surface area contributed by atoms with Crippen molar-refractivity contribution in [2.24, 2.45) is 0 Å². The minimum Gasteiger partial charge on any atom is -0.506 e. The van der Waals surface area contributed by atoms with Gasteiger partial charge in [-0.15, -0.1) is 11.8 Å². The molecule has 0 heterocycles. The van der Waals surface area contributed by atoms with Crippen molar-refractivity contribution in [3.63, 3.8) is 0 Å². The summed E-state index contributed by atoms with van der Waals surface area (Å²) in [6.07, 6.45) is 1.79. The molecule has 0 aliphatic rings. The van der Waals surface area contributed by atoms with Crippen molar-refractivity contribution in [3.05, 3.63) is 71.8 Å². The third-order valence-electron chi connectivity index (χ3n) is 6.59. The van der Waals surface area contributed by atoms with Gasteiger partial charge in [-0.1, -0.05) is 6.92 Å². The van der Waals surface area contributed by atoms with Gasteiger partial charge in [0.2, 0.25) is 5.91 Å². The number of sulfone groups is 1. The molecule has 13 nitrogen and oxygen atoms in total. The largest absolute Gasteiger partial charge is 0.506 e. The molecule has 0 radical (unpaired) electrons. The topological polar surface area (TPSA) is 186 Å². The van der Waals surface area contributed by atoms with Gasteiger partial charge in [0.05, 0.1) is 35.6 Å². The molecule has 46 heavy (non-hydrogen) atoms. The van der Waals surface area contributed by atoms with Crippen LogP contribution in [0.3, 0.4) is 0 Å². The number of benzene rings is 3. The van der Waals surface area contributed by atoms with Crippen molar-refractivity contribution in [1.29, 1.82) is 0 Å². The Hall–Kier alpha value is -4.60. The lowest BCUT2D eigenvalue weighted by atomic mass is 10.1. The van der Waals surface area contributed by atoms with Crippen LogP contribution in [0.1, 0.15) is 34.1 Å². The summed E-state index contributed by atoms with van der Waals surface area (Å²) in [4.78, 5) is 51.1. The van der Waals surface area contributed by atoms with Crippen LogP contribution in [0.2, 0.25) is 0 Å². The van der Waals surface area contributed by atoms with Gasteiger partial charge in [-0.05, 0) is 61.2 Å². The van der Waals surface area contributed by atoms with Gasteiger partial charge in [0.25, 0.3) is 11.8 Å². The molecular formula is C31H35N3O10S2. The first-order chi connectivity index (χ1) is 21.9. The third kappa shape index (κ3) is 9.22. The number of carbonyl (C=O) groups is 4. The number of amides is 3. The minimum absolute atomic E-state index is 0.0305. The summed E-state index contributed by atoms with van der Waals surface area (Å²) in [5, 5.41) is 16.9. The van der Waals surface area contributed by atoms with E-state index < -0.39 is 51.1 Å². The highest BCUT2D eigenvalue weighted by Gasteiger charge is 2.33. The number of anilines is 2. The molecule has 15 heteroatoms. The third-order valence-corrected chi connectivity index (χ3v) is 9.55. The Balaban J connectivity index is 1.90. The minimum atomic E-state index is -4.11. The van der Waals surface area contributed by atoms with E-state index in [1.165, 1.54) is 68.4 Å². The highest BCUT2D eigenvalue weighted by atomic mass is 32.2. The van der Waals surface area contributed by atoms with Crippen LogP contribution in [-0.2, 0) is 28.9 Å². The number of thioether (sulfide) groups is 1. The Morgan fingerprint density at radius 3 is 2.15 bits per heavy atom. The van der Waals surface area contributed by atoms with E-state index in [9.17, 15) is 32.7 Å². The van der Waals surface area contributed by atoms with Crippen LogP contribution >= 0.6 is 11.8 Å². The number of ether oxygens (including phenoxy) is 3. The summed E-state index contributed by atoms with van der Waals surface area (Å²) < 4.78 is 42.0. The van der Waals surface area contributed by atoms with E-state index in [1.807, 2.05) is 6.26 Å². The lowest BCUT2D eigenvalue weighted by molar-refractivity contribution is -0.123. The van der Waals surface area contributed by atoms with Crippen molar-refractivity contribution >= 4 is 56.7 Å². The molecule has 0 spiro atoms. The second-order valence-corrected chi connectivity index (χ2v) is 12.6. The van der Waals surface area contributed by atoms with E-state index in [-0.39, 0.29) is 52.7 Å². The molecule has 1 atom stereocenters. The SMILES string of the molecule is CCC(C(=O)Nc1cc(O)c(NC(=O)c2ccc(C(=O)OC)cc2)cc1OCC(=O)NCCOC)S(=O)(=O)c1ccc(SC)cc1. The van der Waals surface area contributed by atoms with Gasteiger partial charge in [-0.3, -0.25) is 14.4 Å². The van der Waals surface area contributed by atoms with E-state index in [1.54, 1.807) is 19.1 Å². The fraction of sp³-hybridized carbons (Fsp3) is 0.290. The predicted octanol–water partition coefficient (Wildman–Crippen LogP) is 3.49. The lowest BCUT2D eigenvalue weighted by Crippen LogP contribution is -2.35. The summed E-state index contributed by atoms with van der Waals surface area (Å²) >= 11 is 1.44. The van der Waals surface area contributed by atoms with Crippen molar-refractivity contribution in [1.82, 2.24) is 5.32 Å². The summed E-state index contributed by atoms with van der Waals surface area (Å²) in [6, 6.07) is 14.0. The first-order valence-electron chi connectivity index (χ1n) is 13.9. The first kappa shape index (κ1) is 35.9. The van der Waals surface area contributed by atoms with Gasteiger partial charge < -0.3 is 35.3 Å². The second-order valence-electron chi connectivity index (χ2n) is 9.63. The molecule has 3 rings (SSSR count). The molecule has 0 aliphatic heterocycles. The zero-order valence-corrected chi connectivity index (χ0v) is 27.3. The number of methoxy groups -OCH3 is 2. The number of nitrogens with one attached hydrogen (secondary N) is 3. The molecule has 0 bridgehead atoms. The van der Waals surface area contributed by atoms with Crippen LogP contribution in [0.4, 0.5) is 11.4 Å². The fourth-order valence-electron chi connectivity index (χ4n) is 4.13. The maximum Gasteiger partial charge on any atom is 0.337 e. The number of carbonyl (C=O) groups excluding carboxylic acids is 4. The van der Waals surface area contributed by atoms with E-state index >= 15 is 0 Å². The van der Waals surface area contributed by atoms with E-state index in [2.05, 4.69) is 20.7 Å². The van der Waals surface area contributed by atoms with Crippen molar-refractivity contribution in [3.8, 4) is 11.5 Å². The summed E-state index contributed by atoms with van der Waals surface area (Å²) in [6.45, 7) is 1.50. The highest BCUT2D eigenvalue weighted by molar-refractivity contribution is 7.98. The number of hydrogen-bond acceptors (Lipinski definition) is 11. The normalized spacial score (nSPS) is 11.7. The van der Waals surface area contributed by atoms with Gasteiger partial charge in [0.1, 0.15) is 16.7 Å². The standard InChI is InChI=1S/C31H35N3O10S2/c1-5-27(46(40,41)22-12-10-21(45-4)11-13-22)30(38)34-24-16-25(35)23(17-26(24)44-18-28(36)32-14-15-42-2)33-29(37)19-6-8-20(9-7-19)31(39)43-3/h6-13,16-17,27,35H,5,14-15,18H2,1-4H3,(H,32,36)(H,33,37)(H,34,38). The van der Waals surface area contributed by atoms with Gasteiger partial charge in [0, 0.05) is 36.2 Å². The molecule has 0 aromatic heterocycles. The molecule has 0 aliphatic carbocycles. The van der Waals surface area contributed by atoms with E-state index in [4.69, 9.17) is 9.47 Å². The van der Waals surface area contributed by atoms with Gasteiger partial charge in [-0.25, -0.2) is 13.2 Å². The van der Waals surface area contributed by atoms with E-state index in [0.29, 0.717) is 0 Å². The molecule has 1 unspecified atom stereocenters. The number of esters is 1. The number of aromatic hydroxyl groups is 1. The van der Waals surface area contributed by atoms with Crippen LogP contribution in [-0.4, -0.2) is 82.7 Å². The fourth-order valence-corrected chi connectivity index (χ4v) is 6.16. The van der Waals surface area contributed by atoms with Crippen LogP contribution < -0.4 is 20.7 Å². The molecule has 3 amide bonds. The molecular weight excluding hydrogens is 638 g/mol. The monoisotopic (exact) mass is 673 g/mol. The molecule has 0 fully saturated rings. The predicted molar refractivity (Wildman–Crippen MR) is 172 cm³/mol. The average Bonchev–Trinajstić information content (AvgIpc) is 3.05. The molecule has 3 aromatic rings. The zero-order valence-electron chi connectivity index (χ0n) is 25.6. The Morgan fingerprint density at radius 2 is 1.57 bits per heavy atom. The molecule has 3 aromatic carbocycles. The van der Waals surface area contributed by atoms with Crippen molar-refractivity contribution in [2.75, 3.05) is 50.9 Å². The van der Waals surface area contributed by atoms with Gasteiger partial charge >= 0.3 is 5.97 Å². The Morgan fingerprint density at radius 1 is 0.913 bits per heavy atom. The molecule has 0 saturated carbocycles. The van der Waals surface area contributed by atoms with Gasteiger partial charge in [-0.2, -0.15) is 0 Å². The number of phenolic OH excluding ortho intramolecular Hbond substituents is 1. The number of phenols is 1. The Labute approximate surface area is 270 Å². The van der Waals surface area contributed by atoms with Crippen LogP contribution in [0.25, 0.3) is 0 Å². The van der Waals surface area contributed by atoms with Gasteiger partial charge in [0.15, 0.2) is 16.4 Å². The first-order valence-corrected chi connectivity index (χ1v) is 16.7. The summed E-state index contributed by atoms with van der Waals surface area (Å²) in [7, 11) is -1.41. The number of rotatable bonds is 15. The second kappa shape index (κ2) is 16.6. The Kier molecular flexibility index (Phi) is 13.0. The van der Waals surface area contributed by atoms with Crippen LogP contribution in [0.5, 0.6) is 11.5 Å². The highest BCUT2D eigenvalue weighted by Crippen LogP contribution is 2.37. The number of hydrogen-bond donors (Lipinski definition) is 4. The smallest absolute Gasteiger partial charge is 0.337 e. The quantitative estimate of drug-likeness (QED) is 0.0801. The maximum absolute atomic E-state index is 13.4. The molecule has 4 N–H and O–H groups in total. The van der Waals surface area contributed by atoms with Crippen molar-refractivity contribution in [2.45, 2.75) is 28.4 Å². The molecule has 246 valence electrons. The van der Waals surface area contributed by atoms with Crippen molar-refractivity contribution < 1.29 is 46.9 Å². The molecule has 0 saturated heterocycles. The van der Waals surface area contributed by atoms with Crippen LogP contribution in [0, 0.1) is 0 Å². The summed E-state index contributed by atoms with van der Waals surface area (Å²) in [5.74, 6) is -3.29. The van der Waals surface area contributed by atoms with Crippen LogP contribution in [0.15, 0.2) is 70.5 Å².